The fourth-order valence-corrected chi connectivity index (χ4v) is 2.83. The first-order valence-corrected chi connectivity index (χ1v) is 10.2. The van der Waals surface area contributed by atoms with Crippen molar-refractivity contribution in [2.75, 3.05) is 27.4 Å². The molecule has 8 heteroatoms. The minimum Gasteiger partial charge on any atom is -0.497 e. The first kappa shape index (κ1) is 24.5. The van der Waals surface area contributed by atoms with Gasteiger partial charge in [-0.15, -0.1) is 0 Å². The van der Waals surface area contributed by atoms with E-state index >= 15 is 0 Å². The molecule has 0 aromatic heterocycles. The normalized spacial score (nSPS) is 11.0. The zero-order chi connectivity index (χ0) is 23.3. The molecule has 1 N–H and O–H groups in total. The number of carbonyl (C=O) groups is 1. The standard InChI is InChI=1S/C24H28N2O6/c1-4-5-13-25-24(27)17-32-20-10-7-18(8-11-20)6-9-19-15-21(30-2)16-23(31-3)22(19)12-14-26(28)29/h6-12,14-16H,4-5,13,17H2,1-3H3,(H,25,27)/b9-6+,14-12+. The number of rotatable bonds is 12. The summed E-state index contributed by atoms with van der Waals surface area (Å²) < 4.78 is 16.2. The summed E-state index contributed by atoms with van der Waals surface area (Å²) in [6, 6.07) is 10.7. The molecule has 0 aliphatic carbocycles. The van der Waals surface area contributed by atoms with E-state index in [4.69, 9.17) is 14.2 Å². The second-order valence-electron chi connectivity index (χ2n) is 6.83. The van der Waals surface area contributed by atoms with Gasteiger partial charge in [0.15, 0.2) is 6.61 Å². The third kappa shape index (κ3) is 7.79. The van der Waals surface area contributed by atoms with Gasteiger partial charge in [0.2, 0.25) is 6.20 Å². The summed E-state index contributed by atoms with van der Waals surface area (Å²) in [7, 11) is 3.03. The molecule has 0 aliphatic heterocycles. The fraction of sp³-hybridized carbons (Fsp3) is 0.292. The van der Waals surface area contributed by atoms with Crippen LogP contribution in [0, 0.1) is 10.1 Å². The van der Waals surface area contributed by atoms with E-state index in [9.17, 15) is 14.9 Å². The number of hydrogen-bond acceptors (Lipinski definition) is 6. The molecule has 0 saturated heterocycles. The van der Waals surface area contributed by atoms with Crippen LogP contribution in [0.15, 0.2) is 42.6 Å². The number of nitrogens with one attached hydrogen (secondary N) is 1. The summed E-state index contributed by atoms with van der Waals surface area (Å²) >= 11 is 0. The van der Waals surface area contributed by atoms with E-state index in [-0.39, 0.29) is 12.5 Å². The van der Waals surface area contributed by atoms with Gasteiger partial charge >= 0.3 is 0 Å². The summed E-state index contributed by atoms with van der Waals surface area (Å²) in [6.07, 6.45) is 7.90. The summed E-state index contributed by atoms with van der Waals surface area (Å²) in [5.41, 5.74) is 2.15. The van der Waals surface area contributed by atoms with Crippen LogP contribution in [0.4, 0.5) is 0 Å². The van der Waals surface area contributed by atoms with E-state index in [0.717, 1.165) is 24.6 Å². The van der Waals surface area contributed by atoms with Gasteiger partial charge in [0.05, 0.1) is 19.1 Å². The van der Waals surface area contributed by atoms with Gasteiger partial charge in [-0.2, -0.15) is 0 Å². The highest BCUT2D eigenvalue weighted by molar-refractivity contribution is 5.79. The van der Waals surface area contributed by atoms with Gasteiger partial charge in [0, 0.05) is 24.3 Å². The summed E-state index contributed by atoms with van der Waals surface area (Å²) in [5, 5.41) is 13.6. The van der Waals surface area contributed by atoms with E-state index in [2.05, 4.69) is 12.2 Å². The Labute approximate surface area is 187 Å². The molecule has 0 spiro atoms. The minimum atomic E-state index is -0.528. The van der Waals surface area contributed by atoms with Crippen LogP contribution in [-0.2, 0) is 4.79 Å². The van der Waals surface area contributed by atoms with Crippen molar-refractivity contribution in [1.29, 1.82) is 0 Å². The number of nitrogens with zero attached hydrogens (tertiary/aromatic N) is 1. The fourth-order valence-electron chi connectivity index (χ4n) is 2.83. The SMILES string of the molecule is CCCCNC(=O)COc1ccc(/C=C/c2cc(OC)cc(OC)c2/C=C/[N+](=O)[O-])cc1. The van der Waals surface area contributed by atoms with Crippen molar-refractivity contribution in [2.45, 2.75) is 19.8 Å². The van der Waals surface area contributed by atoms with Crippen molar-refractivity contribution in [3.63, 3.8) is 0 Å². The smallest absolute Gasteiger partial charge is 0.257 e. The topological polar surface area (TPSA) is 99.9 Å². The second kappa shape index (κ2) is 12.8. The van der Waals surface area contributed by atoms with Crippen LogP contribution in [-0.4, -0.2) is 38.2 Å². The van der Waals surface area contributed by atoms with E-state index in [0.29, 0.717) is 34.9 Å². The van der Waals surface area contributed by atoms with E-state index in [1.807, 2.05) is 24.3 Å². The highest BCUT2D eigenvalue weighted by Gasteiger charge is 2.10. The third-order valence-electron chi connectivity index (χ3n) is 4.52. The minimum absolute atomic E-state index is 0.0331. The van der Waals surface area contributed by atoms with Gasteiger partial charge in [-0.05, 0) is 35.7 Å². The zero-order valence-electron chi connectivity index (χ0n) is 18.5. The molecule has 0 atom stereocenters. The summed E-state index contributed by atoms with van der Waals surface area (Å²) in [5.74, 6) is 1.47. The largest absolute Gasteiger partial charge is 0.497 e. The van der Waals surface area contributed by atoms with E-state index in [1.54, 1.807) is 24.3 Å². The Kier molecular flexibility index (Phi) is 9.77. The van der Waals surface area contributed by atoms with Crippen molar-refractivity contribution >= 4 is 24.1 Å². The molecule has 2 rings (SSSR count). The van der Waals surface area contributed by atoms with Crippen LogP contribution in [0.25, 0.3) is 18.2 Å². The number of methoxy groups -OCH3 is 2. The predicted octanol–water partition coefficient (Wildman–Crippen LogP) is 4.42. The van der Waals surface area contributed by atoms with Crippen LogP contribution >= 0.6 is 0 Å². The van der Waals surface area contributed by atoms with Gasteiger partial charge in [-0.1, -0.05) is 37.6 Å². The molecule has 170 valence electrons. The van der Waals surface area contributed by atoms with Crippen LogP contribution < -0.4 is 19.5 Å². The van der Waals surface area contributed by atoms with E-state index < -0.39 is 4.92 Å². The number of unbranched alkanes of at least 4 members (excludes halogenated alkanes) is 1. The van der Waals surface area contributed by atoms with Crippen molar-refractivity contribution in [1.82, 2.24) is 5.32 Å². The Hall–Kier alpha value is -3.81. The lowest BCUT2D eigenvalue weighted by Gasteiger charge is -2.11. The molecule has 1 amide bonds. The number of ether oxygens (including phenoxy) is 3. The molecular formula is C24H28N2O6. The second-order valence-corrected chi connectivity index (χ2v) is 6.83. The molecule has 0 radical (unpaired) electrons. The zero-order valence-corrected chi connectivity index (χ0v) is 18.5. The van der Waals surface area contributed by atoms with Gasteiger partial charge in [-0.25, -0.2) is 0 Å². The van der Waals surface area contributed by atoms with E-state index in [1.165, 1.54) is 20.3 Å². The molecule has 0 heterocycles. The quantitative estimate of drug-likeness (QED) is 0.227. The number of carbonyl (C=O) groups excluding carboxylic acids is 1. The Morgan fingerprint density at radius 3 is 2.44 bits per heavy atom. The van der Waals surface area contributed by atoms with Crippen molar-refractivity contribution in [3.8, 4) is 17.2 Å². The van der Waals surface area contributed by atoms with Crippen molar-refractivity contribution < 1.29 is 23.9 Å². The number of amides is 1. The lowest BCUT2D eigenvalue weighted by atomic mass is 10.0. The molecule has 32 heavy (non-hydrogen) atoms. The maximum absolute atomic E-state index is 11.7. The average molecular weight is 440 g/mol. The number of nitro groups is 1. The first-order valence-electron chi connectivity index (χ1n) is 10.2. The summed E-state index contributed by atoms with van der Waals surface area (Å²) in [6.45, 7) is 2.68. The molecule has 8 nitrogen and oxygen atoms in total. The Morgan fingerprint density at radius 2 is 1.81 bits per heavy atom. The van der Waals surface area contributed by atoms with Gasteiger partial charge < -0.3 is 19.5 Å². The molecule has 0 saturated carbocycles. The molecular weight excluding hydrogens is 412 g/mol. The number of benzene rings is 2. The van der Waals surface area contributed by atoms with Crippen molar-refractivity contribution in [3.05, 3.63) is 69.4 Å². The first-order chi connectivity index (χ1) is 15.5. The molecule has 2 aromatic rings. The monoisotopic (exact) mass is 440 g/mol. The Balaban J connectivity index is 2.13. The summed E-state index contributed by atoms with van der Waals surface area (Å²) in [4.78, 5) is 22.0. The van der Waals surface area contributed by atoms with Gasteiger partial charge in [0.25, 0.3) is 5.91 Å². The Morgan fingerprint density at radius 1 is 1.06 bits per heavy atom. The van der Waals surface area contributed by atoms with Crippen molar-refractivity contribution in [2.24, 2.45) is 0 Å². The van der Waals surface area contributed by atoms with Gasteiger partial charge in [-0.3, -0.25) is 14.9 Å². The lowest BCUT2D eigenvalue weighted by molar-refractivity contribution is -0.400. The number of hydrogen-bond donors (Lipinski definition) is 1. The third-order valence-corrected chi connectivity index (χ3v) is 4.52. The molecule has 0 unspecified atom stereocenters. The molecule has 0 fully saturated rings. The molecule has 0 aliphatic rings. The molecule has 2 aromatic carbocycles. The average Bonchev–Trinajstić information content (AvgIpc) is 2.80. The highest BCUT2D eigenvalue weighted by atomic mass is 16.6. The van der Waals surface area contributed by atoms with Crippen LogP contribution in [0.5, 0.6) is 17.2 Å². The predicted molar refractivity (Wildman–Crippen MR) is 124 cm³/mol. The van der Waals surface area contributed by atoms with Crippen LogP contribution in [0.2, 0.25) is 0 Å². The Bertz CT molecular complexity index is 967. The van der Waals surface area contributed by atoms with Crippen LogP contribution in [0.1, 0.15) is 36.5 Å². The maximum Gasteiger partial charge on any atom is 0.257 e. The molecule has 0 bridgehead atoms. The maximum atomic E-state index is 11.7. The van der Waals surface area contributed by atoms with Crippen LogP contribution in [0.3, 0.4) is 0 Å². The lowest BCUT2D eigenvalue weighted by Crippen LogP contribution is -2.29. The van der Waals surface area contributed by atoms with Gasteiger partial charge in [0.1, 0.15) is 17.2 Å². The highest BCUT2D eigenvalue weighted by Crippen LogP contribution is 2.31.